The maximum absolute atomic E-state index is 5.52. The van der Waals surface area contributed by atoms with Gasteiger partial charge in [0.1, 0.15) is 6.26 Å². The Morgan fingerprint density at radius 1 is 1.67 bits per heavy atom. The smallest absolute Gasteiger partial charge is 0.394 e. The zero-order valence-electron chi connectivity index (χ0n) is 6.33. The summed E-state index contributed by atoms with van der Waals surface area (Å²) in [7, 11) is 0. The van der Waals surface area contributed by atoms with Gasteiger partial charge >= 0.3 is 6.08 Å². The highest BCUT2D eigenvalue weighted by Crippen LogP contribution is 2.15. The maximum Gasteiger partial charge on any atom is 0.394 e. The first-order chi connectivity index (χ1) is 5.88. The summed E-state index contributed by atoms with van der Waals surface area (Å²) in [6.07, 6.45) is 1.85. The molecule has 1 aliphatic heterocycles. The van der Waals surface area contributed by atoms with E-state index in [9.17, 15) is 0 Å². The van der Waals surface area contributed by atoms with Crippen LogP contribution in [0.5, 0.6) is 6.08 Å². The molecule has 0 atom stereocenters. The molecule has 0 radical (unpaired) electrons. The van der Waals surface area contributed by atoms with Crippen molar-refractivity contribution in [2.45, 2.75) is 12.0 Å². The van der Waals surface area contributed by atoms with Gasteiger partial charge < -0.3 is 13.9 Å². The number of alkyl halides is 1. The third-order valence-corrected chi connectivity index (χ3v) is 1.82. The number of halogens is 1. The number of oxazole rings is 1. The first-order valence-electron chi connectivity index (χ1n) is 3.63. The fourth-order valence-electron chi connectivity index (χ4n) is 0.829. The third-order valence-electron chi connectivity index (χ3n) is 1.54. The molecular formula is C7H8ClNO3. The van der Waals surface area contributed by atoms with Crippen molar-refractivity contribution in [2.75, 3.05) is 13.2 Å². The van der Waals surface area contributed by atoms with Crippen LogP contribution in [0.1, 0.15) is 5.69 Å². The number of hydrogen-bond acceptors (Lipinski definition) is 4. The Hall–Kier alpha value is -0.740. The van der Waals surface area contributed by atoms with E-state index < -0.39 is 0 Å². The van der Waals surface area contributed by atoms with Crippen LogP contribution >= 0.6 is 11.6 Å². The summed E-state index contributed by atoms with van der Waals surface area (Å²) in [5, 5.41) is 0. The van der Waals surface area contributed by atoms with Crippen LogP contribution in [0.2, 0.25) is 0 Å². The fourth-order valence-corrected chi connectivity index (χ4v) is 0.951. The SMILES string of the molecule is ClCc1coc(OC2COC2)n1. The lowest BCUT2D eigenvalue weighted by molar-refractivity contribution is -0.0894. The van der Waals surface area contributed by atoms with E-state index in [4.69, 9.17) is 25.5 Å². The van der Waals surface area contributed by atoms with Gasteiger partial charge in [-0.25, -0.2) is 0 Å². The van der Waals surface area contributed by atoms with Crippen molar-refractivity contribution in [1.29, 1.82) is 0 Å². The van der Waals surface area contributed by atoms with E-state index in [0.29, 0.717) is 24.8 Å². The lowest BCUT2D eigenvalue weighted by Gasteiger charge is -2.24. The molecular weight excluding hydrogens is 182 g/mol. The molecule has 12 heavy (non-hydrogen) atoms. The van der Waals surface area contributed by atoms with Crippen LogP contribution in [0.15, 0.2) is 10.7 Å². The van der Waals surface area contributed by atoms with Gasteiger partial charge in [0, 0.05) is 0 Å². The quantitative estimate of drug-likeness (QED) is 0.670. The van der Waals surface area contributed by atoms with Crippen molar-refractivity contribution in [1.82, 2.24) is 4.98 Å². The highest BCUT2D eigenvalue weighted by Gasteiger charge is 2.22. The molecule has 2 heterocycles. The predicted molar refractivity (Wildman–Crippen MR) is 41.3 cm³/mol. The minimum absolute atomic E-state index is 0.0897. The molecule has 1 aromatic rings. The van der Waals surface area contributed by atoms with Gasteiger partial charge in [-0.2, -0.15) is 4.98 Å². The minimum Gasteiger partial charge on any atom is -0.442 e. The van der Waals surface area contributed by atoms with E-state index in [-0.39, 0.29) is 12.2 Å². The van der Waals surface area contributed by atoms with Gasteiger partial charge in [0.05, 0.1) is 24.8 Å². The molecule has 0 amide bonds. The van der Waals surface area contributed by atoms with Crippen molar-refractivity contribution >= 4 is 11.6 Å². The van der Waals surface area contributed by atoms with Crippen molar-refractivity contribution in [3.05, 3.63) is 12.0 Å². The summed E-state index contributed by atoms with van der Waals surface area (Å²) in [4.78, 5) is 3.97. The largest absolute Gasteiger partial charge is 0.442 e. The molecule has 2 rings (SSSR count). The van der Waals surface area contributed by atoms with Gasteiger partial charge in [0.25, 0.3) is 0 Å². The topological polar surface area (TPSA) is 44.5 Å². The van der Waals surface area contributed by atoms with E-state index in [1.807, 2.05) is 0 Å². The number of rotatable bonds is 3. The van der Waals surface area contributed by atoms with Gasteiger partial charge in [0.15, 0.2) is 6.10 Å². The number of ether oxygens (including phenoxy) is 2. The number of hydrogen-bond donors (Lipinski definition) is 0. The average Bonchev–Trinajstić information content (AvgIpc) is 2.44. The van der Waals surface area contributed by atoms with Crippen LogP contribution in [0.25, 0.3) is 0 Å². The summed E-state index contributed by atoms with van der Waals surface area (Å²) < 4.78 is 15.2. The molecule has 0 spiro atoms. The van der Waals surface area contributed by atoms with Gasteiger partial charge in [-0.3, -0.25) is 0 Å². The molecule has 0 unspecified atom stereocenters. The van der Waals surface area contributed by atoms with Crippen LogP contribution in [0.3, 0.4) is 0 Å². The zero-order valence-corrected chi connectivity index (χ0v) is 7.08. The lowest BCUT2D eigenvalue weighted by Crippen LogP contribution is -2.38. The van der Waals surface area contributed by atoms with Crippen molar-refractivity contribution in [3.63, 3.8) is 0 Å². The average molecular weight is 190 g/mol. The van der Waals surface area contributed by atoms with Crippen LogP contribution in [-0.2, 0) is 10.6 Å². The molecule has 1 fully saturated rings. The summed E-state index contributed by atoms with van der Waals surface area (Å²) >= 11 is 5.52. The zero-order chi connectivity index (χ0) is 8.39. The molecule has 66 valence electrons. The second-order valence-corrected chi connectivity index (χ2v) is 2.78. The van der Waals surface area contributed by atoms with E-state index in [2.05, 4.69) is 4.98 Å². The van der Waals surface area contributed by atoms with Gasteiger partial charge in [0.2, 0.25) is 0 Å². The number of nitrogens with zero attached hydrogens (tertiary/aromatic N) is 1. The molecule has 0 aliphatic carbocycles. The Balaban J connectivity index is 1.93. The summed E-state index contributed by atoms with van der Waals surface area (Å²) in [5.41, 5.74) is 0.687. The first kappa shape index (κ1) is 7.89. The van der Waals surface area contributed by atoms with E-state index in [0.717, 1.165) is 0 Å². The normalized spacial score (nSPS) is 17.4. The molecule has 1 aliphatic rings. The highest BCUT2D eigenvalue weighted by molar-refractivity contribution is 6.16. The summed E-state index contributed by atoms with van der Waals surface area (Å²) in [5.74, 6) is 0.341. The minimum atomic E-state index is 0.0897. The van der Waals surface area contributed by atoms with Crippen LogP contribution < -0.4 is 4.74 Å². The Bertz CT molecular complexity index is 259. The van der Waals surface area contributed by atoms with Crippen molar-refractivity contribution in [3.8, 4) is 6.08 Å². The first-order valence-corrected chi connectivity index (χ1v) is 4.16. The molecule has 5 heteroatoms. The fraction of sp³-hybridized carbons (Fsp3) is 0.571. The Morgan fingerprint density at radius 3 is 3.00 bits per heavy atom. The van der Waals surface area contributed by atoms with Gasteiger partial charge in [-0.05, 0) is 0 Å². The summed E-state index contributed by atoms with van der Waals surface area (Å²) in [6, 6.07) is 0. The molecule has 0 bridgehead atoms. The molecule has 0 saturated carbocycles. The number of aromatic nitrogens is 1. The standard InChI is InChI=1S/C7H8ClNO3/c8-1-5-2-11-7(9-5)12-6-3-10-4-6/h2,6H,1,3-4H2. The molecule has 4 nitrogen and oxygen atoms in total. The van der Waals surface area contributed by atoms with Crippen molar-refractivity contribution in [2.24, 2.45) is 0 Å². The Kier molecular flexibility index (Phi) is 2.19. The summed E-state index contributed by atoms with van der Waals surface area (Å²) in [6.45, 7) is 1.22. The van der Waals surface area contributed by atoms with Crippen LogP contribution in [-0.4, -0.2) is 24.3 Å². The Labute approximate surface area is 74.4 Å². The molecule has 0 aromatic carbocycles. The van der Waals surface area contributed by atoms with E-state index in [1.165, 1.54) is 6.26 Å². The second-order valence-electron chi connectivity index (χ2n) is 2.52. The third kappa shape index (κ3) is 1.54. The van der Waals surface area contributed by atoms with Crippen LogP contribution in [0, 0.1) is 0 Å². The second kappa shape index (κ2) is 3.33. The lowest BCUT2D eigenvalue weighted by atomic mass is 10.3. The highest BCUT2D eigenvalue weighted by atomic mass is 35.5. The van der Waals surface area contributed by atoms with Gasteiger partial charge in [-0.1, -0.05) is 0 Å². The van der Waals surface area contributed by atoms with E-state index in [1.54, 1.807) is 0 Å². The Morgan fingerprint density at radius 2 is 2.50 bits per heavy atom. The monoisotopic (exact) mass is 189 g/mol. The predicted octanol–water partition coefficient (Wildman–Crippen LogP) is 1.19. The van der Waals surface area contributed by atoms with E-state index >= 15 is 0 Å². The molecule has 1 aromatic heterocycles. The van der Waals surface area contributed by atoms with Crippen LogP contribution in [0.4, 0.5) is 0 Å². The maximum atomic E-state index is 5.52. The van der Waals surface area contributed by atoms with Gasteiger partial charge in [-0.15, -0.1) is 11.6 Å². The molecule has 0 N–H and O–H groups in total. The van der Waals surface area contributed by atoms with Crippen molar-refractivity contribution < 1.29 is 13.9 Å². The molecule has 1 saturated heterocycles.